The van der Waals surface area contributed by atoms with Gasteiger partial charge in [0.05, 0.1) is 0 Å². The Bertz CT molecular complexity index is 411. The molecule has 1 aromatic rings. The van der Waals surface area contributed by atoms with Gasteiger partial charge in [0, 0.05) is 6.04 Å². The molecule has 0 saturated heterocycles. The molecule has 0 heterocycles. The first kappa shape index (κ1) is 15.5. The molecule has 1 aliphatic carbocycles. The van der Waals surface area contributed by atoms with E-state index in [-0.39, 0.29) is 5.82 Å². The van der Waals surface area contributed by atoms with Crippen molar-refractivity contribution in [2.45, 2.75) is 38.1 Å². The van der Waals surface area contributed by atoms with Crippen LogP contribution in [0.25, 0.3) is 0 Å². The van der Waals surface area contributed by atoms with E-state index < -0.39 is 0 Å². The molecule has 2 N–H and O–H groups in total. The van der Waals surface area contributed by atoms with Crippen molar-refractivity contribution in [1.29, 1.82) is 0 Å². The Morgan fingerprint density at radius 3 is 2.50 bits per heavy atom. The van der Waals surface area contributed by atoms with Gasteiger partial charge in [0.15, 0.2) is 0 Å². The van der Waals surface area contributed by atoms with Crippen LogP contribution in [0.4, 0.5) is 4.39 Å². The zero-order valence-electron chi connectivity index (χ0n) is 12.7. The van der Waals surface area contributed by atoms with Gasteiger partial charge in [-0.05, 0) is 69.4 Å². The molecule has 2 rings (SSSR count). The van der Waals surface area contributed by atoms with E-state index in [2.05, 4.69) is 25.1 Å². The summed E-state index contributed by atoms with van der Waals surface area (Å²) in [5.41, 5.74) is 6.77. The molecule has 0 aromatic heterocycles. The minimum Gasteiger partial charge on any atom is -0.330 e. The van der Waals surface area contributed by atoms with Crippen LogP contribution in [0.2, 0.25) is 0 Å². The average molecular weight is 278 g/mol. The van der Waals surface area contributed by atoms with E-state index in [4.69, 9.17) is 5.73 Å². The summed E-state index contributed by atoms with van der Waals surface area (Å²) in [5.74, 6) is 1.29. The Kier molecular flexibility index (Phi) is 5.55. The van der Waals surface area contributed by atoms with Crippen LogP contribution in [-0.2, 0) is 0 Å². The van der Waals surface area contributed by atoms with E-state index in [9.17, 15) is 4.39 Å². The molecule has 0 radical (unpaired) electrons. The van der Waals surface area contributed by atoms with Crippen molar-refractivity contribution in [3.63, 3.8) is 0 Å². The molecule has 1 unspecified atom stereocenters. The third kappa shape index (κ3) is 3.80. The first-order valence-electron chi connectivity index (χ1n) is 7.73. The van der Waals surface area contributed by atoms with Crippen molar-refractivity contribution in [2.24, 2.45) is 17.6 Å². The topological polar surface area (TPSA) is 29.3 Å². The van der Waals surface area contributed by atoms with E-state index in [0.29, 0.717) is 12.0 Å². The number of nitrogens with zero attached hydrogens (tertiary/aromatic N) is 1. The third-order valence-electron chi connectivity index (χ3n) is 4.66. The monoisotopic (exact) mass is 278 g/mol. The summed E-state index contributed by atoms with van der Waals surface area (Å²) >= 11 is 0. The van der Waals surface area contributed by atoms with E-state index in [1.54, 1.807) is 6.07 Å². The highest BCUT2D eigenvalue weighted by atomic mass is 19.1. The standard InChI is InChI=1S/C17H27FN2/c1-20(2)17(15-4-3-5-16(18)12-15)14-8-6-13(7-9-14)10-11-19/h3-5,12-14,17H,6-11,19H2,1-2H3. The first-order valence-corrected chi connectivity index (χ1v) is 7.73. The van der Waals surface area contributed by atoms with Gasteiger partial charge in [0.2, 0.25) is 0 Å². The van der Waals surface area contributed by atoms with Crippen LogP contribution in [0.15, 0.2) is 24.3 Å². The molecule has 1 fully saturated rings. The quantitative estimate of drug-likeness (QED) is 0.892. The molecular weight excluding hydrogens is 251 g/mol. The van der Waals surface area contributed by atoms with Gasteiger partial charge in [-0.3, -0.25) is 0 Å². The Balaban J connectivity index is 2.07. The molecule has 1 atom stereocenters. The van der Waals surface area contributed by atoms with E-state index in [0.717, 1.165) is 24.4 Å². The SMILES string of the molecule is CN(C)C(c1cccc(F)c1)C1CCC(CCN)CC1. The summed E-state index contributed by atoms with van der Waals surface area (Å²) in [6, 6.07) is 7.41. The molecule has 1 aromatic carbocycles. The van der Waals surface area contributed by atoms with Crippen molar-refractivity contribution in [1.82, 2.24) is 4.90 Å². The van der Waals surface area contributed by atoms with E-state index >= 15 is 0 Å². The third-order valence-corrected chi connectivity index (χ3v) is 4.66. The summed E-state index contributed by atoms with van der Waals surface area (Å²) < 4.78 is 13.5. The largest absolute Gasteiger partial charge is 0.330 e. The maximum absolute atomic E-state index is 13.5. The molecule has 2 nitrogen and oxygen atoms in total. The summed E-state index contributed by atoms with van der Waals surface area (Å²) in [5, 5.41) is 0. The van der Waals surface area contributed by atoms with Crippen LogP contribution in [0.3, 0.4) is 0 Å². The zero-order chi connectivity index (χ0) is 14.5. The number of hydrogen-bond donors (Lipinski definition) is 1. The van der Waals surface area contributed by atoms with Crippen molar-refractivity contribution in [2.75, 3.05) is 20.6 Å². The molecule has 112 valence electrons. The number of benzene rings is 1. The van der Waals surface area contributed by atoms with Crippen LogP contribution in [0, 0.1) is 17.7 Å². The lowest BCUT2D eigenvalue weighted by atomic mass is 9.75. The van der Waals surface area contributed by atoms with Gasteiger partial charge in [0.1, 0.15) is 5.82 Å². The lowest BCUT2D eigenvalue weighted by Gasteiger charge is -2.37. The summed E-state index contributed by atoms with van der Waals surface area (Å²) in [6.07, 6.45) is 6.14. The van der Waals surface area contributed by atoms with Gasteiger partial charge in [-0.15, -0.1) is 0 Å². The molecule has 0 spiro atoms. The minimum absolute atomic E-state index is 0.133. The maximum atomic E-state index is 13.5. The van der Waals surface area contributed by atoms with Gasteiger partial charge in [-0.2, -0.15) is 0 Å². The molecule has 0 amide bonds. The maximum Gasteiger partial charge on any atom is 0.123 e. The molecule has 1 aliphatic rings. The molecule has 20 heavy (non-hydrogen) atoms. The Hall–Kier alpha value is -0.930. The predicted molar refractivity (Wildman–Crippen MR) is 81.9 cm³/mol. The zero-order valence-corrected chi connectivity index (χ0v) is 12.7. The van der Waals surface area contributed by atoms with Crippen LogP contribution in [0.1, 0.15) is 43.7 Å². The summed E-state index contributed by atoms with van der Waals surface area (Å²) in [7, 11) is 4.20. The van der Waals surface area contributed by atoms with Crippen LogP contribution < -0.4 is 5.73 Å². The second-order valence-corrected chi connectivity index (χ2v) is 6.32. The number of halogens is 1. The fraction of sp³-hybridized carbons (Fsp3) is 0.647. The highest BCUT2D eigenvalue weighted by Gasteiger charge is 2.29. The second-order valence-electron chi connectivity index (χ2n) is 6.32. The van der Waals surface area contributed by atoms with Gasteiger partial charge < -0.3 is 10.6 Å². The minimum atomic E-state index is -0.133. The van der Waals surface area contributed by atoms with Crippen LogP contribution in [0.5, 0.6) is 0 Å². The fourth-order valence-electron chi connectivity index (χ4n) is 3.71. The van der Waals surface area contributed by atoms with Crippen LogP contribution in [-0.4, -0.2) is 25.5 Å². The lowest BCUT2D eigenvalue weighted by Crippen LogP contribution is -2.30. The van der Waals surface area contributed by atoms with Gasteiger partial charge >= 0.3 is 0 Å². The van der Waals surface area contributed by atoms with E-state index in [1.165, 1.54) is 31.7 Å². The molecule has 0 bridgehead atoms. The number of nitrogens with two attached hydrogens (primary N) is 1. The average Bonchev–Trinajstić information content (AvgIpc) is 2.41. The highest BCUT2D eigenvalue weighted by Crippen LogP contribution is 2.40. The predicted octanol–water partition coefficient (Wildman–Crippen LogP) is 3.58. The summed E-state index contributed by atoms with van der Waals surface area (Å²) in [4.78, 5) is 2.24. The van der Waals surface area contributed by atoms with Crippen molar-refractivity contribution < 1.29 is 4.39 Å². The summed E-state index contributed by atoms with van der Waals surface area (Å²) in [6.45, 7) is 0.802. The van der Waals surface area contributed by atoms with Crippen molar-refractivity contribution >= 4 is 0 Å². The smallest absolute Gasteiger partial charge is 0.123 e. The Labute approximate surface area is 122 Å². The lowest BCUT2D eigenvalue weighted by molar-refractivity contribution is 0.147. The Morgan fingerprint density at radius 1 is 1.25 bits per heavy atom. The number of rotatable bonds is 5. The highest BCUT2D eigenvalue weighted by molar-refractivity contribution is 5.21. The van der Waals surface area contributed by atoms with Crippen molar-refractivity contribution in [3.05, 3.63) is 35.6 Å². The van der Waals surface area contributed by atoms with Gasteiger partial charge in [0.25, 0.3) is 0 Å². The van der Waals surface area contributed by atoms with Gasteiger partial charge in [-0.25, -0.2) is 4.39 Å². The number of hydrogen-bond acceptors (Lipinski definition) is 2. The van der Waals surface area contributed by atoms with Crippen molar-refractivity contribution in [3.8, 4) is 0 Å². The van der Waals surface area contributed by atoms with Crippen LogP contribution >= 0.6 is 0 Å². The fourth-order valence-corrected chi connectivity index (χ4v) is 3.71. The Morgan fingerprint density at radius 2 is 1.95 bits per heavy atom. The second kappa shape index (κ2) is 7.19. The van der Waals surface area contributed by atoms with E-state index in [1.807, 2.05) is 6.07 Å². The normalized spacial score (nSPS) is 24.9. The molecule has 3 heteroatoms. The molecular formula is C17H27FN2. The first-order chi connectivity index (χ1) is 9.61. The molecule has 0 aliphatic heterocycles. The van der Waals surface area contributed by atoms with Gasteiger partial charge in [-0.1, -0.05) is 25.0 Å². The molecule has 1 saturated carbocycles.